The fourth-order valence-corrected chi connectivity index (χ4v) is 7.77. The normalized spacial score (nSPS) is 12.5. The van der Waals surface area contributed by atoms with Crippen LogP contribution in [0.4, 0.5) is 0 Å². The average molecular weight is 909 g/mol. The molecular weight excluding hydrogens is 805 g/mol. The molecule has 6 heteroatoms. The SMILES string of the molecule is CCCCC/C=C\C/C=C\C/C=C\CCCCCCC(=O)OC[C@@H](COC(=O)CCCCCCCCCCC/C=C\C/C=C\CCCCC)OC(=O)CCCCCCCCCCCCC. The lowest BCUT2D eigenvalue weighted by atomic mass is 10.1. The summed E-state index contributed by atoms with van der Waals surface area (Å²) in [6.45, 7) is 6.57. The summed E-state index contributed by atoms with van der Waals surface area (Å²) in [5.74, 6) is -0.900. The van der Waals surface area contributed by atoms with E-state index in [9.17, 15) is 14.4 Å². The highest BCUT2D eigenvalue weighted by Gasteiger charge is 2.19. The van der Waals surface area contributed by atoms with Crippen molar-refractivity contribution < 1.29 is 28.6 Å². The van der Waals surface area contributed by atoms with Crippen LogP contribution in [0.5, 0.6) is 0 Å². The molecule has 0 aromatic heterocycles. The Morgan fingerprint density at radius 3 is 0.892 bits per heavy atom. The van der Waals surface area contributed by atoms with E-state index in [4.69, 9.17) is 14.2 Å². The lowest BCUT2D eigenvalue weighted by molar-refractivity contribution is -0.167. The van der Waals surface area contributed by atoms with Gasteiger partial charge in [-0.3, -0.25) is 14.4 Å². The van der Waals surface area contributed by atoms with Gasteiger partial charge in [0.1, 0.15) is 13.2 Å². The summed E-state index contributed by atoms with van der Waals surface area (Å²) in [5.41, 5.74) is 0. The number of carbonyl (C=O) groups is 3. The third kappa shape index (κ3) is 51.9. The molecule has 0 saturated carbocycles. The van der Waals surface area contributed by atoms with Crippen LogP contribution in [0, 0.1) is 0 Å². The van der Waals surface area contributed by atoms with Crippen molar-refractivity contribution in [1.82, 2.24) is 0 Å². The van der Waals surface area contributed by atoms with Crippen molar-refractivity contribution in [3.63, 3.8) is 0 Å². The van der Waals surface area contributed by atoms with E-state index in [1.807, 2.05) is 0 Å². The molecule has 0 aliphatic carbocycles. The summed E-state index contributed by atoms with van der Waals surface area (Å²) >= 11 is 0. The molecule has 0 N–H and O–H groups in total. The van der Waals surface area contributed by atoms with Crippen LogP contribution in [0.15, 0.2) is 60.8 Å². The molecule has 0 unspecified atom stereocenters. The molecule has 0 aliphatic rings. The highest BCUT2D eigenvalue weighted by atomic mass is 16.6. The maximum atomic E-state index is 12.8. The van der Waals surface area contributed by atoms with E-state index in [1.165, 1.54) is 148 Å². The molecule has 0 fully saturated rings. The lowest BCUT2D eigenvalue weighted by Gasteiger charge is -2.18. The van der Waals surface area contributed by atoms with Gasteiger partial charge >= 0.3 is 17.9 Å². The quantitative estimate of drug-likeness (QED) is 0.0262. The predicted octanol–water partition coefficient (Wildman–Crippen LogP) is 18.4. The fraction of sp³-hybridized carbons (Fsp3) is 0.780. The minimum absolute atomic E-state index is 0.0818. The van der Waals surface area contributed by atoms with Gasteiger partial charge in [-0.25, -0.2) is 0 Å². The van der Waals surface area contributed by atoms with Gasteiger partial charge in [-0.15, -0.1) is 0 Å². The number of esters is 3. The average Bonchev–Trinajstić information content (AvgIpc) is 3.30. The first-order valence-corrected chi connectivity index (χ1v) is 27.8. The molecule has 0 bridgehead atoms. The third-order valence-electron chi connectivity index (χ3n) is 12.0. The van der Waals surface area contributed by atoms with E-state index in [0.717, 1.165) is 89.9 Å². The summed E-state index contributed by atoms with van der Waals surface area (Å²) < 4.78 is 16.8. The van der Waals surface area contributed by atoms with Crippen LogP contribution in [0.2, 0.25) is 0 Å². The van der Waals surface area contributed by atoms with Crippen molar-refractivity contribution in [2.75, 3.05) is 13.2 Å². The number of rotatable bonds is 50. The Morgan fingerprint density at radius 1 is 0.308 bits per heavy atom. The van der Waals surface area contributed by atoms with E-state index in [2.05, 4.69) is 81.5 Å². The standard InChI is InChI=1S/C59H104O6/c1-4-7-10-13-16-19-22-24-26-28-29-31-33-35-38-40-43-46-49-52-58(61)64-55-56(65-59(62)53-50-47-44-41-36-21-18-15-12-9-6-3)54-63-57(60)51-48-45-42-39-37-34-32-30-27-25-23-20-17-14-11-8-5-2/h16-17,19-20,24-27,32,34,56H,4-15,18,21-23,28-31,33,35-55H2,1-3H3/b19-16-,20-17-,26-24-,27-25-,34-32-/t56-/m0/s1. The zero-order chi connectivity index (χ0) is 47.2. The molecule has 0 aliphatic heterocycles. The van der Waals surface area contributed by atoms with Crippen molar-refractivity contribution in [2.24, 2.45) is 0 Å². The Labute approximate surface area is 402 Å². The van der Waals surface area contributed by atoms with Crippen molar-refractivity contribution in [3.05, 3.63) is 60.8 Å². The third-order valence-corrected chi connectivity index (χ3v) is 12.0. The molecule has 0 amide bonds. The zero-order valence-corrected chi connectivity index (χ0v) is 43.0. The first kappa shape index (κ1) is 62.1. The molecule has 0 rings (SSSR count). The van der Waals surface area contributed by atoms with Gasteiger partial charge in [0.25, 0.3) is 0 Å². The molecule has 65 heavy (non-hydrogen) atoms. The minimum atomic E-state index is -0.782. The van der Waals surface area contributed by atoms with Gasteiger partial charge in [-0.05, 0) is 89.9 Å². The summed E-state index contributed by atoms with van der Waals surface area (Å²) in [5, 5.41) is 0. The van der Waals surface area contributed by atoms with Crippen molar-refractivity contribution >= 4 is 17.9 Å². The van der Waals surface area contributed by atoms with Gasteiger partial charge in [0.2, 0.25) is 0 Å². The highest BCUT2D eigenvalue weighted by molar-refractivity contribution is 5.71. The van der Waals surface area contributed by atoms with Crippen LogP contribution in [-0.4, -0.2) is 37.2 Å². The van der Waals surface area contributed by atoms with Crippen molar-refractivity contribution in [2.45, 2.75) is 284 Å². The monoisotopic (exact) mass is 909 g/mol. The molecule has 0 saturated heterocycles. The molecular formula is C59H104O6. The highest BCUT2D eigenvalue weighted by Crippen LogP contribution is 2.15. The Morgan fingerprint density at radius 2 is 0.554 bits per heavy atom. The molecule has 0 heterocycles. The van der Waals surface area contributed by atoms with E-state index in [-0.39, 0.29) is 31.1 Å². The summed E-state index contributed by atoms with van der Waals surface area (Å²) in [6.07, 6.45) is 66.3. The van der Waals surface area contributed by atoms with Gasteiger partial charge in [-0.1, -0.05) is 229 Å². The van der Waals surface area contributed by atoms with Gasteiger partial charge in [-0.2, -0.15) is 0 Å². The Kier molecular flexibility index (Phi) is 51.3. The minimum Gasteiger partial charge on any atom is -0.462 e. The number of carbonyl (C=O) groups excluding carboxylic acids is 3. The number of ether oxygens (including phenoxy) is 3. The summed E-state index contributed by atoms with van der Waals surface area (Å²) in [6, 6.07) is 0. The van der Waals surface area contributed by atoms with Gasteiger partial charge in [0.05, 0.1) is 0 Å². The second-order valence-electron chi connectivity index (χ2n) is 18.5. The van der Waals surface area contributed by atoms with E-state index >= 15 is 0 Å². The first-order valence-electron chi connectivity index (χ1n) is 27.8. The van der Waals surface area contributed by atoms with Crippen LogP contribution >= 0.6 is 0 Å². The number of allylic oxidation sites excluding steroid dienone is 10. The van der Waals surface area contributed by atoms with E-state index in [0.29, 0.717) is 19.3 Å². The second-order valence-corrected chi connectivity index (χ2v) is 18.5. The van der Waals surface area contributed by atoms with Crippen LogP contribution in [-0.2, 0) is 28.6 Å². The molecule has 376 valence electrons. The van der Waals surface area contributed by atoms with E-state index in [1.54, 1.807) is 0 Å². The van der Waals surface area contributed by atoms with Crippen LogP contribution < -0.4 is 0 Å². The molecule has 6 nitrogen and oxygen atoms in total. The molecule has 1 atom stereocenters. The molecule has 0 spiro atoms. The lowest BCUT2D eigenvalue weighted by Crippen LogP contribution is -2.30. The van der Waals surface area contributed by atoms with Gasteiger partial charge < -0.3 is 14.2 Å². The Bertz CT molecular complexity index is 1180. The van der Waals surface area contributed by atoms with Crippen LogP contribution in [0.25, 0.3) is 0 Å². The summed E-state index contributed by atoms with van der Waals surface area (Å²) in [7, 11) is 0. The number of hydrogen-bond donors (Lipinski definition) is 0. The van der Waals surface area contributed by atoms with Crippen LogP contribution in [0.3, 0.4) is 0 Å². The Hall–Kier alpha value is -2.89. The fourth-order valence-electron chi connectivity index (χ4n) is 7.77. The maximum Gasteiger partial charge on any atom is 0.306 e. The molecule has 0 aromatic rings. The molecule has 0 aromatic carbocycles. The smallest absolute Gasteiger partial charge is 0.306 e. The first-order chi connectivity index (χ1) is 32.0. The maximum absolute atomic E-state index is 12.8. The second kappa shape index (κ2) is 53.7. The largest absolute Gasteiger partial charge is 0.462 e. The van der Waals surface area contributed by atoms with Gasteiger partial charge in [0, 0.05) is 19.3 Å². The summed E-state index contributed by atoms with van der Waals surface area (Å²) in [4.78, 5) is 38.0. The number of unbranched alkanes of at least 4 members (excludes halogenated alkanes) is 29. The topological polar surface area (TPSA) is 78.9 Å². The number of hydrogen-bond acceptors (Lipinski definition) is 6. The zero-order valence-electron chi connectivity index (χ0n) is 43.0. The molecule has 0 radical (unpaired) electrons. The predicted molar refractivity (Wildman–Crippen MR) is 279 cm³/mol. The Balaban J connectivity index is 4.35. The van der Waals surface area contributed by atoms with Crippen molar-refractivity contribution in [1.29, 1.82) is 0 Å². The van der Waals surface area contributed by atoms with Gasteiger partial charge in [0.15, 0.2) is 6.10 Å². The van der Waals surface area contributed by atoms with E-state index < -0.39 is 6.10 Å². The van der Waals surface area contributed by atoms with Crippen LogP contribution in [0.1, 0.15) is 278 Å². The van der Waals surface area contributed by atoms with Crippen molar-refractivity contribution in [3.8, 4) is 0 Å².